The van der Waals surface area contributed by atoms with Crippen LogP contribution in [0, 0.1) is 0 Å². The predicted molar refractivity (Wildman–Crippen MR) is 81.2 cm³/mol. The average molecular weight is 302 g/mol. The first-order valence-electron chi connectivity index (χ1n) is 6.85. The Balaban J connectivity index is 1.74. The summed E-state index contributed by atoms with van der Waals surface area (Å²) in [4.78, 5) is 4.36. The molecule has 3 rings (SSSR count). The number of aromatic nitrogens is 5. The molecule has 0 bridgehead atoms. The zero-order valence-corrected chi connectivity index (χ0v) is 12.5. The maximum atomic E-state index is 5.92. The van der Waals surface area contributed by atoms with Crippen LogP contribution in [-0.4, -0.2) is 24.5 Å². The Kier molecular flexibility index (Phi) is 4.01. The van der Waals surface area contributed by atoms with E-state index in [1.165, 1.54) is 5.56 Å². The van der Waals surface area contributed by atoms with Gasteiger partial charge in [-0.25, -0.2) is 9.67 Å². The fourth-order valence-electron chi connectivity index (χ4n) is 2.29. The van der Waals surface area contributed by atoms with Crippen molar-refractivity contribution in [3.05, 3.63) is 65.5 Å². The molecule has 0 spiro atoms. The van der Waals surface area contributed by atoms with E-state index in [1.807, 2.05) is 29.8 Å². The molecule has 1 atom stereocenters. The molecule has 0 radical (unpaired) electrons. The highest BCUT2D eigenvalue weighted by Crippen LogP contribution is 2.17. The van der Waals surface area contributed by atoms with Crippen LogP contribution in [0.4, 0.5) is 0 Å². The molecule has 0 amide bonds. The first-order valence-corrected chi connectivity index (χ1v) is 7.23. The molecule has 21 heavy (non-hydrogen) atoms. The molecule has 0 aliphatic carbocycles. The highest BCUT2D eigenvalue weighted by molar-refractivity contribution is 6.30. The summed E-state index contributed by atoms with van der Waals surface area (Å²) in [5, 5.41) is 9.17. The third-order valence-corrected chi connectivity index (χ3v) is 3.64. The number of hydrogen-bond donors (Lipinski definition) is 0. The van der Waals surface area contributed by atoms with Gasteiger partial charge >= 0.3 is 0 Å². The Morgan fingerprint density at radius 3 is 2.71 bits per heavy atom. The molecule has 0 aliphatic rings. The Morgan fingerprint density at radius 1 is 1.19 bits per heavy atom. The normalized spacial score (nSPS) is 12.5. The Morgan fingerprint density at radius 2 is 2.00 bits per heavy atom. The van der Waals surface area contributed by atoms with E-state index in [2.05, 4.69) is 27.3 Å². The average Bonchev–Trinajstić information content (AvgIpc) is 3.14. The SMILES string of the molecule is C[C@H](c1ncnn1CCc1ccccc1)n1cc(Cl)cn1. The molecule has 0 saturated carbocycles. The third kappa shape index (κ3) is 3.13. The van der Waals surface area contributed by atoms with E-state index < -0.39 is 0 Å². The molecule has 5 nitrogen and oxygen atoms in total. The van der Waals surface area contributed by atoms with Gasteiger partial charge in [-0.1, -0.05) is 41.9 Å². The summed E-state index contributed by atoms with van der Waals surface area (Å²) in [6.45, 7) is 2.82. The summed E-state index contributed by atoms with van der Waals surface area (Å²) in [6.07, 6.45) is 5.93. The predicted octanol–water partition coefficient (Wildman–Crippen LogP) is 2.98. The molecule has 3 aromatic rings. The van der Waals surface area contributed by atoms with Crippen molar-refractivity contribution in [3.63, 3.8) is 0 Å². The Hall–Kier alpha value is -2.14. The van der Waals surface area contributed by atoms with Gasteiger partial charge in [0.25, 0.3) is 0 Å². The van der Waals surface area contributed by atoms with Crippen LogP contribution in [0.1, 0.15) is 24.4 Å². The lowest BCUT2D eigenvalue weighted by molar-refractivity contribution is 0.481. The number of aryl methyl sites for hydroxylation is 2. The smallest absolute Gasteiger partial charge is 0.151 e. The van der Waals surface area contributed by atoms with Gasteiger partial charge in [0.05, 0.1) is 11.2 Å². The molecule has 0 unspecified atom stereocenters. The van der Waals surface area contributed by atoms with E-state index in [-0.39, 0.29) is 6.04 Å². The van der Waals surface area contributed by atoms with Crippen molar-refractivity contribution in [3.8, 4) is 0 Å². The number of hydrogen-bond acceptors (Lipinski definition) is 3. The second-order valence-electron chi connectivity index (χ2n) is 4.89. The fraction of sp³-hybridized carbons (Fsp3) is 0.267. The van der Waals surface area contributed by atoms with Crippen molar-refractivity contribution < 1.29 is 0 Å². The van der Waals surface area contributed by atoms with Gasteiger partial charge in [-0.3, -0.25) is 4.68 Å². The lowest BCUT2D eigenvalue weighted by Gasteiger charge is -2.13. The van der Waals surface area contributed by atoms with Crippen molar-refractivity contribution in [1.82, 2.24) is 24.5 Å². The summed E-state index contributed by atoms with van der Waals surface area (Å²) in [5.41, 5.74) is 1.29. The van der Waals surface area contributed by atoms with Gasteiger partial charge in [-0.2, -0.15) is 10.2 Å². The van der Waals surface area contributed by atoms with Gasteiger partial charge in [-0.15, -0.1) is 0 Å². The van der Waals surface area contributed by atoms with Crippen LogP contribution in [0.15, 0.2) is 49.1 Å². The van der Waals surface area contributed by atoms with Crippen molar-refractivity contribution in [2.45, 2.75) is 25.9 Å². The summed E-state index contributed by atoms with van der Waals surface area (Å²) in [5.74, 6) is 0.880. The maximum absolute atomic E-state index is 5.92. The first kappa shape index (κ1) is 13.8. The molecule has 0 saturated heterocycles. The number of halogens is 1. The van der Waals surface area contributed by atoms with Gasteiger partial charge in [-0.05, 0) is 18.9 Å². The highest BCUT2D eigenvalue weighted by atomic mass is 35.5. The van der Waals surface area contributed by atoms with E-state index >= 15 is 0 Å². The number of benzene rings is 1. The standard InChI is InChI=1S/C15H16ClN5/c1-12(21-10-14(16)9-18-21)15-17-11-19-20(15)8-7-13-5-3-2-4-6-13/h2-6,9-12H,7-8H2,1H3/t12-/m1/s1. The van der Waals surface area contributed by atoms with E-state index in [0.29, 0.717) is 5.02 Å². The third-order valence-electron chi connectivity index (χ3n) is 3.44. The molecule has 0 N–H and O–H groups in total. The van der Waals surface area contributed by atoms with Gasteiger partial charge in [0.15, 0.2) is 5.82 Å². The lowest BCUT2D eigenvalue weighted by atomic mass is 10.1. The van der Waals surface area contributed by atoms with Crippen LogP contribution in [0.3, 0.4) is 0 Å². The van der Waals surface area contributed by atoms with Crippen LogP contribution in [0.25, 0.3) is 0 Å². The molecule has 0 fully saturated rings. The maximum Gasteiger partial charge on any atom is 0.151 e. The van der Waals surface area contributed by atoms with Crippen LogP contribution in [0.5, 0.6) is 0 Å². The van der Waals surface area contributed by atoms with Crippen molar-refractivity contribution in [2.24, 2.45) is 0 Å². The van der Waals surface area contributed by atoms with Crippen molar-refractivity contribution >= 4 is 11.6 Å². The van der Waals surface area contributed by atoms with E-state index in [1.54, 1.807) is 23.4 Å². The largest absolute Gasteiger partial charge is 0.261 e. The minimum atomic E-state index is -0.00391. The minimum absolute atomic E-state index is 0.00391. The molecular formula is C15H16ClN5. The second-order valence-corrected chi connectivity index (χ2v) is 5.33. The molecule has 108 valence electrons. The monoisotopic (exact) mass is 301 g/mol. The van der Waals surface area contributed by atoms with Crippen LogP contribution >= 0.6 is 11.6 Å². The molecule has 1 aromatic carbocycles. The zero-order valence-electron chi connectivity index (χ0n) is 11.7. The van der Waals surface area contributed by atoms with Crippen LogP contribution < -0.4 is 0 Å². The quantitative estimate of drug-likeness (QED) is 0.728. The highest BCUT2D eigenvalue weighted by Gasteiger charge is 2.15. The number of rotatable bonds is 5. The number of nitrogens with zero attached hydrogens (tertiary/aromatic N) is 5. The van der Waals surface area contributed by atoms with E-state index in [9.17, 15) is 0 Å². The topological polar surface area (TPSA) is 48.5 Å². The van der Waals surface area contributed by atoms with Crippen molar-refractivity contribution in [1.29, 1.82) is 0 Å². The Bertz CT molecular complexity index is 704. The van der Waals surface area contributed by atoms with Gasteiger partial charge in [0.1, 0.15) is 12.4 Å². The molecular weight excluding hydrogens is 286 g/mol. The van der Waals surface area contributed by atoms with E-state index in [4.69, 9.17) is 11.6 Å². The molecule has 6 heteroatoms. The summed E-state index contributed by atoms with van der Waals surface area (Å²) < 4.78 is 3.72. The summed E-state index contributed by atoms with van der Waals surface area (Å²) in [6, 6.07) is 10.3. The van der Waals surface area contributed by atoms with Crippen molar-refractivity contribution in [2.75, 3.05) is 0 Å². The van der Waals surface area contributed by atoms with Gasteiger partial charge in [0, 0.05) is 12.7 Å². The fourth-order valence-corrected chi connectivity index (χ4v) is 2.44. The molecule has 2 aromatic heterocycles. The lowest BCUT2D eigenvalue weighted by Crippen LogP contribution is -2.16. The van der Waals surface area contributed by atoms with Crippen LogP contribution in [-0.2, 0) is 13.0 Å². The minimum Gasteiger partial charge on any atom is -0.261 e. The van der Waals surface area contributed by atoms with Crippen LogP contribution in [0.2, 0.25) is 5.02 Å². The summed E-state index contributed by atoms with van der Waals surface area (Å²) in [7, 11) is 0. The van der Waals surface area contributed by atoms with Gasteiger partial charge < -0.3 is 0 Å². The van der Waals surface area contributed by atoms with Gasteiger partial charge in [0.2, 0.25) is 0 Å². The first-order chi connectivity index (χ1) is 10.2. The van der Waals surface area contributed by atoms with E-state index in [0.717, 1.165) is 18.8 Å². The molecule has 0 aliphatic heterocycles. The molecule has 2 heterocycles. The summed E-state index contributed by atoms with van der Waals surface area (Å²) >= 11 is 5.92. The Labute approximate surface area is 128 Å². The zero-order chi connectivity index (χ0) is 14.7. The second kappa shape index (κ2) is 6.10.